The highest BCUT2D eigenvalue weighted by Gasteiger charge is 2.38. The van der Waals surface area contributed by atoms with Crippen molar-refractivity contribution >= 4 is 11.7 Å². The molecule has 0 radical (unpaired) electrons. The first-order valence-corrected chi connectivity index (χ1v) is 5.73. The van der Waals surface area contributed by atoms with Gasteiger partial charge in [-0.2, -0.15) is 0 Å². The van der Waals surface area contributed by atoms with E-state index in [1.54, 1.807) is 0 Å². The van der Waals surface area contributed by atoms with Crippen molar-refractivity contribution in [1.82, 2.24) is 0 Å². The zero-order chi connectivity index (χ0) is 12.6. The Morgan fingerprint density at radius 3 is 2.71 bits per heavy atom. The van der Waals surface area contributed by atoms with E-state index in [-0.39, 0.29) is 11.8 Å². The van der Waals surface area contributed by atoms with Gasteiger partial charge in [0.1, 0.15) is 0 Å². The third-order valence-electron chi connectivity index (χ3n) is 3.46. The van der Waals surface area contributed by atoms with Gasteiger partial charge in [-0.25, -0.2) is 0 Å². The molecule has 3 nitrogen and oxygen atoms in total. The van der Waals surface area contributed by atoms with Gasteiger partial charge in [0.05, 0.1) is 6.42 Å². The molecular formula is C14H17NO2. The Hall–Kier alpha value is -1.77. The number of allylic oxidation sites excluding steroid dienone is 1. The standard InChI is InChI=1S/C14H17NO2/c1-10-14(2,3)11-6-4-5-7-12(11)15(10)9-8-13(16)17/h4-7H,1,8-9H2,2-3H3,(H,16,17). The molecule has 0 saturated heterocycles. The summed E-state index contributed by atoms with van der Waals surface area (Å²) in [6.45, 7) is 8.83. The number of carboxylic acids is 1. The number of hydrogen-bond donors (Lipinski definition) is 1. The second-order valence-electron chi connectivity index (χ2n) is 4.88. The van der Waals surface area contributed by atoms with Crippen molar-refractivity contribution in [2.75, 3.05) is 11.4 Å². The Labute approximate surface area is 101 Å². The lowest BCUT2D eigenvalue weighted by molar-refractivity contribution is -0.136. The van der Waals surface area contributed by atoms with Gasteiger partial charge in [0.2, 0.25) is 0 Å². The lowest BCUT2D eigenvalue weighted by Crippen LogP contribution is -2.27. The van der Waals surface area contributed by atoms with Crippen molar-refractivity contribution < 1.29 is 9.90 Å². The van der Waals surface area contributed by atoms with Crippen molar-refractivity contribution in [3.63, 3.8) is 0 Å². The van der Waals surface area contributed by atoms with Crippen LogP contribution in [0.4, 0.5) is 5.69 Å². The van der Waals surface area contributed by atoms with Crippen LogP contribution in [0, 0.1) is 0 Å². The number of rotatable bonds is 3. The van der Waals surface area contributed by atoms with Gasteiger partial charge in [0.15, 0.2) is 0 Å². The number of nitrogens with zero attached hydrogens (tertiary/aromatic N) is 1. The minimum absolute atomic E-state index is 0.116. The molecule has 3 heteroatoms. The third-order valence-corrected chi connectivity index (χ3v) is 3.46. The van der Waals surface area contributed by atoms with Crippen molar-refractivity contribution in [2.45, 2.75) is 25.7 Å². The van der Waals surface area contributed by atoms with E-state index < -0.39 is 5.97 Å². The zero-order valence-corrected chi connectivity index (χ0v) is 10.2. The summed E-state index contributed by atoms with van der Waals surface area (Å²) in [5.41, 5.74) is 3.16. The minimum Gasteiger partial charge on any atom is -0.481 e. The molecule has 90 valence electrons. The van der Waals surface area contributed by atoms with Crippen LogP contribution in [0.5, 0.6) is 0 Å². The molecule has 1 aromatic carbocycles. The number of hydrogen-bond acceptors (Lipinski definition) is 2. The van der Waals surface area contributed by atoms with Gasteiger partial charge in [0, 0.05) is 23.3 Å². The number of fused-ring (bicyclic) bond motifs is 1. The monoisotopic (exact) mass is 231 g/mol. The van der Waals surface area contributed by atoms with E-state index in [0.29, 0.717) is 6.54 Å². The van der Waals surface area contributed by atoms with Crippen molar-refractivity contribution in [3.8, 4) is 0 Å². The molecule has 0 unspecified atom stereocenters. The second-order valence-corrected chi connectivity index (χ2v) is 4.88. The van der Waals surface area contributed by atoms with E-state index in [4.69, 9.17) is 5.11 Å². The maximum Gasteiger partial charge on any atom is 0.305 e. The Bertz CT molecular complexity index is 477. The number of carbonyl (C=O) groups is 1. The molecule has 0 bridgehead atoms. The summed E-state index contributed by atoms with van der Waals surface area (Å²) >= 11 is 0. The fourth-order valence-electron chi connectivity index (χ4n) is 2.34. The highest BCUT2D eigenvalue weighted by Crippen LogP contribution is 2.46. The number of carboxylic acid groups (broad SMARTS) is 1. The molecule has 0 aromatic heterocycles. The van der Waals surface area contributed by atoms with Crippen LogP contribution >= 0.6 is 0 Å². The molecular weight excluding hydrogens is 214 g/mol. The van der Waals surface area contributed by atoms with Crippen LogP contribution in [-0.4, -0.2) is 17.6 Å². The Kier molecular flexibility index (Phi) is 2.69. The summed E-state index contributed by atoms with van der Waals surface area (Å²) in [6, 6.07) is 8.09. The molecule has 0 aliphatic carbocycles. The lowest BCUT2D eigenvalue weighted by Gasteiger charge is -2.25. The summed E-state index contributed by atoms with van der Waals surface area (Å²) in [6.07, 6.45) is 0.128. The van der Waals surface area contributed by atoms with Crippen LogP contribution in [0.25, 0.3) is 0 Å². The average molecular weight is 231 g/mol. The summed E-state index contributed by atoms with van der Waals surface area (Å²) in [7, 11) is 0. The first-order chi connectivity index (χ1) is 7.94. The number of aliphatic carboxylic acids is 1. The smallest absolute Gasteiger partial charge is 0.305 e. The Morgan fingerprint density at radius 2 is 2.06 bits per heavy atom. The van der Waals surface area contributed by atoms with E-state index in [1.807, 2.05) is 23.1 Å². The predicted molar refractivity (Wildman–Crippen MR) is 68.2 cm³/mol. The van der Waals surface area contributed by atoms with Gasteiger partial charge in [-0.15, -0.1) is 0 Å². The summed E-state index contributed by atoms with van der Waals surface area (Å²) in [5.74, 6) is -0.778. The fourth-order valence-corrected chi connectivity index (χ4v) is 2.34. The number of benzene rings is 1. The quantitative estimate of drug-likeness (QED) is 0.869. The maximum absolute atomic E-state index is 10.7. The number of anilines is 1. The maximum atomic E-state index is 10.7. The fraction of sp³-hybridized carbons (Fsp3) is 0.357. The van der Waals surface area contributed by atoms with Gasteiger partial charge in [-0.05, 0) is 11.6 Å². The van der Waals surface area contributed by atoms with Crippen molar-refractivity contribution in [2.24, 2.45) is 0 Å². The first kappa shape index (κ1) is 11.7. The van der Waals surface area contributed by atoms with Crippen LogP contribution in [0.3, 0.4) is 0 Å². The van der Waals surface area contributed by atoms with Crippen molar-refractivity contribution in [1.29, 1.82) is 0 Å². The SMILES string of the molecule is C=C1N(CCC(=O)O)c2ccccc2C1(C)C. The minimum atomic E-state index is -0.778. The molecule has 1 N–H and O–H groups in total. The van der Waals surface area contributed by atoms with Crippen LogP contribution in [0.15, 0.2) is 36.5 Å². The molecule has 1 aliphatic rings. The second kappa shape index (κ2) is 3.91. The Morgan fingerprint density at radius 1 is 1.41 bits per heavy atom. The van der Waals surface area contributed by atoms with Gasteiger partial charge in [-0.3, -0.25) is 4.79 Å². The summed E-state index contributed by atoms with van der Waals surface area (Å²) < 4.78 is 0. The predicted octanol–water partition coefficient (Wildman–Crippen LogP) is 2.77. The van der Waals surface area contributed by atoms with Crippen LogP contribution < -0.4 is 4.90 Å². The van der Waals surface area contributed by atoms with Crippen LogP contribution in [-0.2, 0) is 10.2 Å². The molecule has 0 saturated carbocycles. The van der Waals surface area contributed by atoms with Crippen LogP contribution in [0.2, 0.25) is 0 Å². The molecule has 1 heterocycles. The van der Waals surface area contributed by atoms with Gasteiger partial charge in [0.25, 0.3) is 0 Å². The summed E-state index contributed by atoms with van der Waals surface area (Å²) in [4.78, 5) is 12.7. The van der Waals surface area contributed by atoms with E-state index in [9.17, 15) is 4.79 Å². The molecule has 0 amide bonds. The van der Waals surface area contributed by atoms with E-state index in [1.165, 1.54) is 5.56 Å². The van der Waals surface area contributed by atoms with Gasteiger partial charge >= 0.3 is 5.97 Å². The highest BCUT2D eigenvalue weighted by atomic mass is 16.4. The van der Waals surface area contributed by atoms with E-state index >= 15 is 0 Å². The largest absolute Gasteiger partial charge is 0.481 e. The molecule has 1 aliphatic heterocycles. The highest BCUT2D eigenvalue weighted by molar-refractivity contribution is 5.72. The molecule has 0 atom stereocenters. The summed E-state index contributed by atoms with van der Waals surface area (Å²) in [5, 5.41) is 8.78. The molecule has 1 aromatic rings. The van der Waals surface area contributed by atoms with E-state index in [0.717, 1.165) is 11.4 Å². The van der Waals surface area contributed by atoms with E-state index in [2.05, 4.69) is 26.5 Å². The number of para-hydroxylation sites is 1. The van der Waals surface area contributed by atoms with Gasteiger partial charge in [-0.1, -0.05) is 38.6 Å². The lowest BCUT2D eigenvalue weighted by atomic mass is 9.84. The topological polar surface area (TPSA) is 40.5 Å². The Balaban J connectivity index is 2.36. The average Bonchev–Trinajstić information content (AvgIpc) is 2.47. The third kappa shape index (κ3) is 1.82. The molecule has 0 fully saturated rings. The molecule has 0 spiro atoms. The van der Waals surface area contributed by atoms with Crippen LogP contribution in [0.1, 0.15) is 25.8 Å². The van der Waals surface area contributed by atoms with Crippen molar-refractivity contribution in [3.05, 3.63) is 42.1 Å². The normalized spacial score (nSPS) is 17.1. The molecule has 17 heavy (non-hydrogen) atoms. The van der Waals surface area contributed by atoms with Gasteiger partial charge < -0.3 is 10.0 Å². The first-order valence-electron chi connectivity index (χ1n) is 5.73. The zero-order valence-electron chi connectivity index (χ0n) is 10.2. The molecule has 2 rings (SSSR count).